The number of nitrogens with zero attached hydrogens (tertiary/aromatic N) is 3. The Morgan fingerprint density at radius 2 is 1.85 bits per heavy atom. The number of halogens is 1. The van der Waals surface area contributed by atoms with Crippen LogP contribution in [0, 0.1) is 0 Å². The molecule has 9 nitrogen and oxygen atoms in total. The summed E-state index contributed by atoms with van der Waals surface area (Å²) in [6.07, 6.45) is 2.94. The number of benzene rings is 1. The zero-order chi connectivity index (χ0) is 28.1. The maximum absolute atomic E-state index is 13.9. The van der Waals surface area contributed by atoms with Crippen molar-refractivity contribution in [3.63, 3.8) is 0 Å². The Morgan fingerprint density at radius 1 is 1.10 bits per heavy atom. The fourth-order valence-corrected chi connectivity index (χ4v) is 6.06. The van der Waals surface area contributed by atoms with Crippen molar-refractivity contribution in [2.24, 2.45) is 12.8 Å². The summed E-state index contributed by atoms with van der Waals surface area (Å²) in [5.74, 6) is -1.42. The highest BCUT2D eigenvalue weighted by molar-refractivity contribution is 6.29. The highest BCUT2D eigenvalue weighted by atomic mass is 35.5. The van der Waals surface area contributed by atoms with Gasteiger partial charge in [0.15, 0.2) is 5.78 Å². The van der Waals surface area contributed by atoms with Gasteiger partial charge in [0.25, 0.3) is 5.56 Å². The number of aromatic nitrogens is 1. The number of ketones is 1. The van der Waals surface area contributed by atoms with Crippen molar-refractivity contribution in [2.75, 3.05) is 13.1 Å². The smallest absolute Gasteiger partial charge is 0.303 e. The molecule has 39 heavy (non-hydrogen) atoms. The molecule has 3 N–H and O–H groups in total. The molecule has 2 aliphatic heterocycles. The molecule has 0 saturated carbocycles. The lowest BCUT2D eigenvalue weighted by atomic mass is 9.97. The molecule has 10 heteroatoms. The molecular formula is C29H37ClN4O5. The van der Waals surface area contributed by atoms with E-state index in [1.165, 1.54) is 10.1 Å². The molecule has 2 fully saturated rings. The van der Waals surface area contributed by atoms with Gasteiger partial charge in [-0.05, 0) is 50.2 Å². The van der Waals surface area contributed by atoms with E-state index in [4.69, 9.17) is 17.3 Å². The second kappa shape index (κ2) is 12.9. The lowest BCUT2D eigenvalue weighted by molar-refractivity contribution is -0.144. The molecule has 0 spiro atoms. The number of rotatable bonds is 11. The number of carboxylic acids is 1. The molecule has 4 rings (SSSR count). The van der Waals surface area contributed by atoms with Crippen LogP contribution in [0.2, 0.25) is 5.15 Å². The van der Waals surface area contributed by atoms with E-state index in [-0.39, 0.29) is 55.0 Å². The number of carbonyl (C=O) groups excluding carboxylic acids is 2. The number of fused-ring (bicyclic) bond motifs is 1. The van der Waals surface area contributed by atoms with Gasteiger partial charge in [0.1, 0.15) is 5.15 Å². The van der Waals surface area contributed by atoms with E-state index in [0.717, 1.165) is 12.8 Å². The first-order valence-electron chi connectivity index (χ1n) is 13.6. The normalized spacial score (nSPS) is 22.4. The number of hydrogen-bond donors (Lipinski definition) is 2. The van der Waals surface area contributed by atoms with E-state index < -0.39 is 18.1 Å². The van der Waals surface area contributed by atoms with Crippen LogP contribution in [0.25, 0.3) is 0 Å². The summed E-state index contributed by atoms with van der Waals surface area (Å²) in [5.41, 5.74) is 7.71. The highest BCUT2D eigenvalue weighted by Gasteiger charge is 2.45. The van der Waals surface area contributed by atoms with Crippen molar-refractivity contribution >= 4 is 29.3 Å². The first-order chi connectivity index (χ1) is 18.7. The van der Waals surface area contributed by atoms with Gasteiger partial charge in [-0.15, -0.1) is 0 Å². The second-order valence-electron chi connectivity index (χ2n) is 10.7. The zero-order valence-electron chi connectivity index (χ0n) is 22.3. The number of nitrogens with two attached hydrogens (primary N) is 1. The first kappa shape index (κ1) is 29.0. The van der Waals surface area contributed by atoms with Gasteiger partial charge in [-0.25, -0.2) is 0 Å². The fraction of sp³-hybridized carbons (Fsp3) is 0.517. The number of carboxylic acid groups (broad SMARTS) is 1. The summed E-state index contributed by atoms with van der Waals surface area (Å²) < 4.78 is 1.31. The predicted molar refractivity (Wildman–Crippen MR) is 149 cm³/mol. The van der Waals surface area contributed by atoms with E-state index in [1.807, 2.05) is 18.2 Å². The van der Waals surface area contributed by atoms with Gasteiger partial charge in [0, 0.05) is 50.6 Å². The number of pyridine rings is 1. The number of amides is 1. The van der Waals surface area contributed by atoms with Gasteiger partial charge in [0.2, 0.25) is 5.91 Å². The molecule has 1 aromatic heterocycles. The molecule has 2 aromatic rings. The van der Waals surface area contributed by atoms with E-state index in [0.29, 0.717) is 36.6 Å². The summed E-state index contributed by atoms with van der Waals surface area (Å²) in [5, 5.41) is 9.67. The van der Waals surface area contributed by atoms with Gasteiger partial charge in [0.05, 0.1) is 12.1 Å². The van der Waals surface area contributed by atoms with Crippen molar-refractivity contribution in [2.45, 2.75) is 75.5 Å². The van der Waals surface area contributed by atoms with Crippen molar-refractivity contribution in [3.8, 4) is 0 Å². The Bertz CT molecular complexity index is 1250. The Labute approximate surface area is 233 Å². The fourth-order valence-electron chi connectivity index (χ4n) is 5.92. The molecule has 0 bridgehead atoms. The minimum Gasteiger partial charge on any atom is -0.481 e. The molecule has 1 aromatic carbocycles. The van der Waals surface area contributed by atoms with Crippen LogP contribution in [0.3, 0.4) is 0 Å². The minimum absolute atomic E-state index is 0.0241. The van der Waals surface area contributed by atoms with Crippen LogP contribution >= 0.6 is 11.6 Å². The SMILES string of the molecule is Cn1c(Cl)ccc(CCC(=O)[C@@H](CCC(=O)O)N2CCC(CCc3ccccc3)N3C[C@H](N)C[C@H]3C2=O)c1=O. The van der Waals surface area contributed by atoms with E-state index in [9.17, 15) is 24.3 Å². The summed E-state index contributed by atoms with van der Waals surface area (Å²) in [6, 6.07) is 12.1. The Hall–Kier alpha value is -3.01. The van der Waals surface area contributed by atoms with Crippen LogP contribution in [0.15, 0.2) is 47.3 Å². The first-order valence-corrected chi connectivity index (χ1v) is 14.0. The Balaban J connectivity index is 1.53. The van der Waals surface area contributed by atoms with Crippen molar-refractivity contribution < 1.29 is 19.5 Å². The molecule has 0 aliphatic carbocycles. The third kappa shape index (κ3) is 6.96. The van der Waals surface area contributed by atoms with Gasteiger partial charge < -0.3 is 20.3 Å². The van der Waals surface area contributed by atoms with Crippen LogP contribution < -0.4 is 11.3 Å². The van der Waals surface area contributed by atoms with E-state index in [1.54, 1.807) is 24.1 Å². The number of aryl methyl sites for hydroxylation is 2. The maximum Gasteiger partial charge on any atom is 0.303 e. The molecular weight excluding hydrogens is 520 g/mol. The molecule has 3 heterocycles. The summed E-state index contributed by atoms with van der Waals surface area (Å²) in [7, 11) is 1.56. The summed E-state index contributed by atoms with van der Waals surface area (Å²) >= 11 is 6.01. The van der Waals surface area contributed by atoms with Crippen molar-refractivity contribution in [3.05, 3.63) is 69.1 Å². The van der Waals surface area contributed by atoms with E-state index in [2.05, 4.69) is 17.0 Å². The largest absolute Gasteiger partial charge is 0.481 e. The Morgan fingerprint density at radius 3 is 2.56 bits per heavy atom. The minimum atomic E-state index is -1.02. The van der Waals surface area contributed by atoms with Gasteiger partial charge in [-0.2, -0.15) is 0 Å². The van der Waals surface area contributed by atoms with E-state index >= 15 is 0 Å². The van der Waals surface area contributed by atoms with Crippen LogP contribution in [-0.4, -0.2) is 74.4 Å². The third-order valence-electron chi connectivity index (χ3n) is 8.06. The quantitative estimate of drug-likeness (QED) is 0.407. The van der Waals surface area contributed by atoms with Crippen LogP contribution in [-0.2, 0) is 34.3 Å². The number of aliphatic carboxylic acids is 1. The zero-order valence-corrected chi connectivity index (χ0v) is 23.1. The molecule has 1 unspecified atom stereocenters. The van der Waals surface area contributed by atoms with Crippen molar-refractivity contribution in [1.82, 2.24) is 14.4 Å². The lowest BCUT2D eigenvalue weighted by Crippen LogP contribution is -2.50. The average Bonchev–Trinajstić information content (AvgIpc) is 3.26. The van der Waals surface area contributed by atoms with Gasteiger partial charge in [-0.1, -0.05) is 48.0 Å². The third-order valence-corrected chi connectivity index (χ3v) is 8.44. The van der Waals surface area contributed by atoms with Gasteiger partial charge >= 0.3 is 5.97 Å². The second-order valence-corrected chi connectivity index (χ2v) is 11.1. The number of hydrogen-bond acceptors (Lipinski definition) is 6. The Kier molecular flexibility index (Phi) is 9.58. The summed E-state index contributed by atoms with van der Waals surface area (Å²) in [4.78, 5) is 55.2. The van der Waals surface area contributed by atoms with Crippen LogP contribution in [0.4, 0.5) is 0 Å². The molecule has 0 radical (unpaired) electrons. The number of Topliss-reactive ketones (excluding diaryl/α,β-unsaturated/α-hetero) is 1. The van der Waals surface area contributed by atoms with Crippen molar-refractivity contribution in [1.29, 1.82) is 0 Å². The molecule has 210 valence electrons. The van der Waals surface area contributed by atoms with Crippen LogP contribution in [0.5, 0.6) is 0 Å². The molecule has 4 atom stereocenters. The summed E-state index contributed by atoms with van der Waals surface area (Å²) in [6.45, 7) is 0.997. The molecule has 1 amide bonds. The number of carbonyl (C=O) groups is 3. The molecule has 2 aliphatic rings. The molecule has 2 saturated heterocycles. The topological polar surface area (TPSA) is 126 Å². The van der Waals surface area contributed by atoms with Gasteiger partial charge in [-0.3, -0.25) is 24.1 Å². The standard InChI is InChI=1S/C29H37ClN4O5/c1-32-26(30)13-9-20(28(32)38)8-12-25(35)23(11-14-27(36)37)33-16-15-22(10-7-19-5-3-2-4-6-19)34-18-21(31)17-24(34)29(33)39/h2-6,9,13,21-24H,7-8,10-12,14-18,31H2,1H3,(H,36,37)/t21-,22?,23-,24+/m1/s1. The van der Waals surface area contributed by atoms with Crippen LogP contribution in [0.1, 0.15) is 49.7 Å². The monoisotopic (exact) mass is 556 g/mol. The predicted octanol–water partition coefficient (Wildman–Crippen LogP) is 2.41. The average molecular weight is 557 g/mol. The maximum atomic E-state index is 13.9. The highest BCUT2D eigenvalue weighted by Crippen LogP contribution is 2.30. The lowest BCUT2D eigenvalue weighted by Gasteiger charge is -2.32.